The first kappa shape index (κ1) is 18.2. The van der Waals surface area contributed by atoms with Gasteiger partial charge in [-0.05, 0) is 18.6 Å². The second kappa shape index (κ2) is 8.21. The molecule has 2 fully saturated rings. The van der Waals surface area contributed by atoms with Crippen molar-refractivity contribution in [3.05, 3.63) is 27.2 Å². The summed E-state index contributed by atoms with van der Waals surface area (Å²) in [6.45, 7) is 6.47. The summed E-state index contributed by atoms with van der Waals surface area (Å²) in [4.78, 5) is 17.0. The molecule has 1 atom stereocenters. The van der Waals surface area contributed by atoms with Crippen LogP contribution in [0.1, 0.15) is 6.42 Å². The van der Waals surface area contributed by atoms with Gasteiger partial charge in [0.15, 0.2) is 0 Å². The minimum Gasteiger partial charge on any atom is -0.322 e. The van der Waals surface area contributed by atoms with Gasteiger partial charge in [0.05, 0.1) is 22.3 Å². The van der Waals surface area contributed by atoms with E-state index in [0.29, 0.717) is 33.3 Å². The zero-order valence-electron chi connectivity index (χ0n) is 13.3. The monoisotopic (exact) mass is 390 g/mol. The standard InChI is InChI=1S/C16H21Cl3N4O/c17-11-7-13(18)16(14(19)8-11)21-15(24)10-22-4-1-12(9-22)23-5-2-20-3-6-23/h7-8,12,20H,1-6,9-10H2,(H,21,24). The molecule has 8 heteroatoms. The van der Waals surface area contributed by atoms with Crippen LogP contribution in [0.4, 0.5) is 5.69 Å². The maximum Gasteiger partial charge on any atom is 0.238 e. The highest BCUT2D eigenvalue weighted by atomic mass is 35.5. The highest BCUT2D eigenvalue weighted by Crippen LogP contribution is 2.33. The molecule has 2 saturated heterocycles. The minimum absolute atomic E-state index is 0.109. The van der Waals surface area contributed by atoms with Gasteiger partial charge in [-0.15, -0.1) is 0 Å². The van der Waals surface area contributed by atoms with Crippen molar-refractivity contribution in [1.29, 1.82) is 0 Å². The Balaban J connectivity index is 1.52. The van der Waals surface area contributed by atoms with Crippen molar-refractivity contribution in [3.8, 4) is 0 Å². The Labute approximate surface area is 157 Å². The number of nitrogens with one attached hydrogen (secondary N) is 2. The second-order valence-corrected chi connectivity index (χ2v) is 7.51. The van der Waals surface area contributed by atoms with Crippen LogP contribution >= 0.6 is 34.8 Å². The molecule has 0 radical (unpaired) electrons. The van der Waals surface area contributed by atoms with Crippen molar-refractivity contribution >= 4 is 46.4 Å². The fourth-order valence-corrected chi connectivity index (χ4v) is 4.26. The van der Waals surface area contributed by atoms with E-state index >= 15 is 0 Å². The van der Waals surface area contributed by atoms with Crippen LogP contribution in [0.2, 0.25) is 15.1 Å². The Morgan fingerprint density at radius 1 is 1.17 bits per heavy atom. The summed E-state index contributed by atoms with van der Waals surface area (Å²) in [5.41, 5.74) is 0.422. The van der Waals surface area contributed by atoms with Crippen LogP contribution in [-0.4, -0.2) is 67.6 Å². The van der Waals surface area contributed by atoms with E-state index in [-0.39, 0.29) is 5.91 Å². The van der Waals surface area contributed by atoms with Gasteiger partial charge < -0.3 is 10.6 Å². The number of amides is 1. The lowest BCUT2D eigenvalue weighted by Gasteiger charge is -2.32. The molecule has 5 nitrogen and oxygen atoms in total. The van der Waals surface area contributed by atoms with Crippen LogP contribution in [0.3, 0.4) is 0 Å². The summed E-state index contributed by atoms with van der Waals surface area (Å²) in [7, 11) is 0. The molecule has 0 spiro atoms. The molecule has 1 amide bonds. The number of piperazine rings is 1. The Kier molecular flexibility index (Phi) is 6.24. The third-order valence-electron chi connectivity index (χ3n) is 4.55. The number of anilines is 1. The van der Waals surface area contributed by atoms with Crippen molar-refractivity contribution in [1.82, 2.24) is 15.1 Å². The van der Waals surface area contributed by atoms with E-state index in [1.54, 1.807) is 12.1 Å². The summed E-state index contributed by atoms with van der Waals surface area (Å²) < 4.78 is 0. The normalized spacial score (nSPS) is 22.7. The first-order chi connectivity index (χ1) is 11.5. The summed E-state index contributed by atoms with van der Waals surface area (Å²) in [5, 5.41) is 7.31. The van der Waals surface area contributed by atoms with Crippen molar-refractivity contribution < 1.29 is 4.79 Å². The number of likely N-dealkylation sites (tertiary alicyclic amines) is 1. The fourth-order valence-electron chi connectivity index (χ4n) is 3.34. The molecule has 0 aromatic heterocycles. The zero-order valence-corrected chi connectivity index (χ0v) is 15.6. The molecule has 1 unspecified atom stereocenters. The first-order valence-corrected chi connectivity index (χ1v) is 9.28. The quantitative estimate of drug-likeness (QED) is 0.828. The van der Waals surface area contributed by atoms with Crippen molar-refractivity contribution in [2.45, 2.75) is 12.5 Å². The van der Waals surface area contributed by atoms with E-state index in [4.69, 9.17) is 34.8 Å². The molecule has 0 bridgehead atoms. The Morgan fingerprint density at radius 3 is 2.50 bits per heavy atom. The van der Waals surface area contributed by atoms with Gasteiger partial charge in [-0.1, -0.05) is 34.8 Å². The molecule has 24 heavy (non-hydrogen) atoms. The number of halogens is 3. The van der Waals surface area contributed by atoms with Crippen LogP contribution < -0.4 is 10.6 Å². The van der Waals surface area contributed by atoms with Gasteiger partial charge in [-0.25, -0.2) is 0 Å². The van der Waals surface area contributed by atoms with Gasteiger partial charge in [-0.2, -0.15) is 0 Å². The average molecular weight is 392 g/mol. The van der Waals surface area contributed by atoms with Gasteiger partial charge in [-0.3, -0.25) is 14.6 Å². The molecule has 2 aliphatic rings. The van der Waals surface area contributed by atoms with Crippen LogP contribution in [0.15, 0.2) is 12.1 Å². The van der Waals surface area contributed by atoms with Gasteiger partial charge >= 0.3 is 0 Å². The molecular weight excluding hydrogens is 371 g/mol. The predicted octanol–water partition coefficient (Wildman–Crippen LogP) is 2.56. The SMILES string of the molecule is O=C(CN1CCC(N2CCNCC2)C1)Nc1c(Cl)cc(Cl)cc1Cl. The summed E-state index contributed by atoms with van der Waals surface area (Å²) in [6.07, 6.45) is 1.11. The molecule has 2 aliphatic heterocycles. The maximum absolute atomic E-state index is 12.3. The largest absolute Gasteiger partial charge is 0.322 e. The Morgan fingerprint density at radius 2 is 1.83 bits per heavy atom. The van der Waals surface area contributed by atoms with Crippen LogP contribution in [-0.2, 0) is 4.79 Å². The Hall–Kier alpha value is -0.560. The molecule has 3 rings (SSSR count). The zero-order chi connectivity index (χ0) is 17.1. The fraction of sp³-hybridized carbons (Fsp3) is 0.562. The summed E-state index contributed by atoms with van der Waals surface area (Å²) >= 11 is 18.1. The average Bonchev–Trinajstić information content (AvgIpc) is 3.00. The third-order valence-corrected chi connectivity index (χ3v) is 5.37. The van der Waals surface area contributed by atoms with Crippen molar-refractivity contribution in [2.24, 2.45) is 0 Å². The van der Waals surface area contributed by atoms with E-state index in [2.05, 4.69) is 20.4 Å². The number of nitrogens with zero attached hydrogens (tertiary/aromatic N) is 2. The highest BCUT2D eigenvalue weighted by molar-refractivity contribution is 6.42. The van der Waals surface area contributed by atoms with Crippen LogP contribution in [0, 0.1) is 0 Å². The van der Waals surface area contributed by atoms with E-state index < -0.39 is 0 Å². The smallest absolute Gasteiger partial charge is 0.238 e. The number of benzene rings is 1. The number of hydrogen-bond donors (Lipinski definition) is 2. The van der Waals surface area contributed by atoms with E-state index in [0.717, 1.165) is 45.7 Å². The number of hydrogen-bond acceptors (Lipinski definition) is 4. The van der Waals surface area contributed by atoms with E-state index in [1.165, 1.54) is 0 Å². The van der Waals surface area contributed by atoms with Crippen LogP contribution in [0.25, 0.3) is 0 Å². The minimum atomic E-state index is -0.109. The molecular formula is C16H21Cl3N4O. The topological polar surface area (TPSA) is 47.6 Å². The molecule has 1 aromatic carbocycles. The third kappa shape index (κ3) is 4.54. The lowest BCUT2D eigenvalue weighted by atomic mass is 10.2. The first-order valence-electron chi connectivity index (χ1n) is 8.14. The van der Waals surface area contributed by atoms with Crippen molar-refractivity contribution in [3.63, 3.8) is 0 Å². The lowest BCUT2D eigenvalue weighted by molar-refractivity contribution is -0.117. The van der Waals surface area contributed by atoms with E-state index in [1.807, 2.05) is 0 Å². The number of carbonyl (C=O) groups is 1. The maximum atomic E-state index is 12.3. The molecule has 2 N–H and O–H groups in total. The molecule has 1 aromatic rings. The second-order valence-electron chi connectivity index (χ2n) is 6.26. The lowest BCUT2D eigenvalue weighted by Crippen LogP contribution is -2.49. The Bertz CT molecular complexity index is 584. The van der Waals surface area contributed by atoms with Gasteiger partial charge in [0, 0.05) is 50.3 Å². The molecule has 0 aliphatic carbocycles. The highest BCUT2D eigenvalue weighted by Gasteiger charge is 2.29. The van der Waals surface area contributed by atoms with Gasteiger partial charge in [0.25, 0.3) is 0 Å². The number of rotatable bonds is 4. The summed E-state index contributed by atoms with van der Waals surface area (Å²) in [5.74, 6) is -0.109. The molecule has 0 saturated carbocycles. The number of carbonyl (C=O) groups excluding carboxylic acids is 1. The molecule has 132 valence electrons. The van der Waals surface area contributed by atoms with Crippen LogP contribution in [0.5, 0.6) is 0 Å². The summed E-state index contributed by atoms with van der Waals surface area (Å²) in [6, 6.07) is 3.68. The molecule has 2 heterocycles. The van der Waals surface area contributed by atoms with Gasteiger partial charge in [0.2, 0.25) is 5.91 Å². The van der Waals surface area contributed by atoms with E-state index in [9.17, 15) is 4.79 Å². The van der Waals surface area contributed by atoms with Gasteiger partial charge in [0.1, 0.15) is 0 Å². The van der Waals surface area contributed by atoms with Crippen molar-refractivity contribution in [2.75, 3.05) is 51.1 Å². The predicted molar refractivity (Wildman–Crippen MR) is 99.4 cm³/mol.